The lowest BCUT2D eigenvalue weighted by Gasteiger charge is -2.21. The van der Waals surface area contributed by atoms with Crippen LogP contribution in [0.15, 0.2) is 29.0 Å². The van der Waals surface area contributed by atoms with Crippen LogP contribution in [0.25, 0.3) is 0 Å². The SMILES string of the molecule is CNC(c1ncccc1Br)c1c(Cl)cnn1C(C)C. The maximum absolute atomic E-state index is 6.30. The molecule has 0 amide bonds. The minimum Gasteiger partial charge on any atom is -0.307 e. The number of hydrogen-bond acceptors (Lipinski definition) is 3. The molecule has 0 bridgehead atoms. The highest BCUT2D eigenvalue weighted by Gasteiger charge is 2.24. The van der Waals surface area contributed by atoms with Gasteiger partial charge < -0.3 is 5.32 Å². The number of hydrogen-bond donors (Lipinski definition) is 1. The van der Waals surface area contributed by atoms with Gasteiger partial charge in [-0.3, -0.25) is 9.67 Å². The highest BCUT2D eigenvalue weighted by Crippen LogP contribution is 2.32. The molecule has 0 saturated carbocycles. The molecule has 19 heavy (non-hydrogen) atoms. The normalized spacial score (nSPS) is 12.9. The van der Waals surface area contributed by atoms with Crippen LogP contribution in [0.2, 0.25) is 5.02 Å². The zero-order chi connectivity index (χ0) is 14.0. The molecule has 0 aromatic carbocycles. The van der Waals surface area contributed by atoms with E-state index in [-0.39, 0.29) is 12.1 Å². The monoisotopic (exact) mass is 342 g/mol. The molecule has 0 aliphatic rings. The van der Waals surface area contributed by atoms with Gasteiger partial charge in [0.05, 0.1) is 28.6 Å². The average molecular weight is 344 g/mol. The van der Waals surface area contributed by atoms with Crippen LogP contribution in [-0.4, -0.2) is 21.8 Å². The van der Waals surface area contributed by atoms with E-state index in [1.54, 1.807) is 12.4 Å². The maximum Gasteiger partial charge on any atom is 0.0946 e. The summed E-state index contributed by atoms with van der Waals surface area (Å²) in [6.45, 7) is 4.15. The molecular formula is C13H16BrClN4. The van der Waals surface area contributed by atoms with Gasteiger partial charge in [0.2, 0.25) is 0 Å². The number of halogens is 2. The molecule has 1 N–H and O–H groups in total. The van der Waals surface area contributed by atoms with Crippen molar-refractivity contribution < 1.29 is 0 Å². The molecule has 0 spiro atoms. The lowest BCUT2D eigenvalue weighted by molar-refractivity contribution is 0.480. The van der Waals surface area contributed by atoms with Crippen molar-refractivity contribution in [1.29, 1.82) is 0 Å². The van der Waals surface area contributed by atoms with Crippen LogP contribution in [0.5, 0.6) is 0 Å². The first-order valence-electron chi connectivity index (χ1n) is 6.06. The lowest BCUT2D eigenvalue weighted by Crippen LogP contribution is -2.24. The minimum absolute atomic E-state index is 0.104. The van der Waals surface area contributed by atoms with Crippen LogP contribution in [0.3, 0.4) is 0 Å². The molecule has 0 radical (unpaired) electrons. The number of aromatic nitrogens is 3. The van der Waals surface area contributed by atoms with E-state index in [9.17, 15) is 0 Å². The van der Waals surface area contributed by atoms with Gasteiger partial charge in [-0.15, -0.1) is 0 Å². The molecule has 6 heteroatoms. The Hall–Kier alpha value is -0.910. The largest absolute Gasteiger partial charge is 0.307 e. The molecule has 0 saturated heterocycles. The van der Waals surface area contributed by atoms with Gasteiger partial charge in [0.25, 0.3) is 0 Å². The first-order valence-corrected chi connectivity index (χ1v) is 7.24. The summed E-state index contributed by atoms with van der Waals surface area (Å²) in [4.78, 5) is 4.44. The van der Waals surface area contributed by atoms with Crippen LogP contribution in [0.4, 0.5) is 0 Å². The van der Waals surface area contributed by atoms with Crippen molar-refractivity contribution in [1.82, 2.24) is 20.1 Å². The summed E-state index contributed by atoms with van der Waals surface area (Å²) in [5, 5.41) is 8.24. The van der Waals surface area contributed by atoms with E-state index in [0.29, 0.717) is 5.02 Å². The third kappa shape index (κ3) is 2.83. The first-order chi connectivity index (χ1) is 9.06. The van der Waals surface area contributed by atoms with Gasteiger partial charge in [0.15, 0.2) is 0 Å². The highest BCUT2D eigenvalue weighted by molar-refractivity contribution is 9.10. The summed E-state index contributed by atoms with van der Waals surface area (Å²) < 4.78 is 2.87. The van der Waals surface area contributed by atoms with Gasteiger partial charge in [-0.05, 0) is 49.0 Å². The summed E-state index contributed by atoms with van der Waals surface area (Å²) >= 11 is 9.83. The third-order valence-electron chi connectivity index (χ3n) is 2.90. The summed E-state index contributed by atoms with van der Waals surface area (Å²) in [7, 11) is 1.89. The van der Waals surface area contributed by atoms with Crippen molar-refractivity contribution in [3.63, 3.8) is 0 Å². The van der Waals surface area contributed by atoms with Crippen molar-refractivity contribution in [3.05, 3.63) is 45.4 Å². The zero-order valence-corrected chi connectivity index (χ0v) is 13.4. The van der Waals surface area contributed by atoms with Crippen molar-refractivity contribution in [2.24, 2.45) is 0 Å². The van der Waals surface area contributed by atoms with E-state index >= 15 is 0 Å². The summed E-state index contributed by atoms with van der Waals surface area (Å²) in [5.74, 6) is 0. The van der Waals surface area contributed by atoms with Crippen LogP contribution in [0, 0.1) is 0 Å². The fourth-order valence-electron chi connectivity index (χ4n) is 2.05. The van der Waals surface area contributed by atoms with Gasteiger partial charge in [-0.1, -0.05) is 11.6 Å². The molecular weight excluding hydrogens is 328 g/mol. The van der Waals surface area contributed by atoms with Gasteiger partial charge in [-0.25, -0.2) is 0 Å². The van der Waals surface area contributed by atoms with Gasteiger partial charge in [-0.2, -0.15) is 5.10 Å². The molecule has 4 nitrogen and oxygen atoms in total. The average Bonchev–Trinajstić information content (AvgIpc) is 2.75. The second-order valence-corrected chi connectivity index (χ2v) is 5.77. The summed E-state index contributed by atoms with van der Waals surface area (Å²) in [5.41, 5.74) is 1.83. The maximum atomic E-state index is 6.30. The molecule has 0 aliphatic heterocycles. The smallest absolute Gasteiger partial charge is 0.0946 e. The van der Waals surface area contributed by atoms with E-state index in [2.05, 4.69) is 45.2 Å². The topological polar surface area (TPSA) is 42.7 Å². The lowest BCUT2D eigenvalue weighted by atomic mass is 10.1. The second kappa shape index (κ2) is 6.03. The van der Waals surface area contributed by atoms with Crippen molar-refractivity contribution in [2.75, 3.05) is 7.05 Å². The van der Waals surface area contributed by atoms with E-state index in [4.69, 9.17) is 11.6 Å². The fraction of sp³-hybridized carbons (Fsp3) is 0.385. The Morgan fingerprint density at radius 1 is 1.42 bits per heavy atom. The van der Waals surface area contributed by atoms with Crippen molar-refractivity contribution >= 4 is 27.5 Å². The Morgan fingerprint density at radius 3 is 2.74 bits per heavy atom. The van der Waals surface area contributed by atoms with Crippen LogP contribution in [-0.2, 0) is 0 Å². The molecule has 2 heterocycles. The molecule has 2 rings (SSSR count). The number of nitrogens with zero attached hydrogens (tertiary/aromatic N) is 3. The molecule has 1 unspecified atom stereocenters. The Labute approximate surface area is 126 Å². The minimum atomic E-state index is -0.104. The van der Waals surface area contributed by atoms with Gasteiger partial charge in [0.1, 0.15) is 0 Å². The van der Waals surface area contributed by atoms with E-state index < -0.39 is 0 Å². The quantitative estimate of drug-likeness (QED) is 0.922. The van der Waals surface area contributed by atoms with E-state index in [1.165, 1.54) is 0 Å². The van der Waals surface area contributed by atoms with Crippen molar-refractivity contribution in [2.45, 2.75) is 25.9 Å². The fourth-order valence-corrected chi connectivity index (χ4v) is 2.77. The predicted molar refractivity (Wildman–Crippen MR) is 80.5 cm³/mol. The Balaban J connectivity index is 2.55. The zero-order valence-electron chi connectivity index (χ0n) is 11.1. The van der Waals surface area contributed by atoms with Gasteiger partial charge >= 0.3 is 0 Å². The number of pyridine rings is 1. The second-order valence-electron chi connectivity index (χ2n) is 4.51. The molecule has 102 valence electrons. The Bertz CT molecular complexity index is 568. The molecule has 0 aliphatic carbocycles. The van der Waals surface area contributed by atoms with Crippen LogP contribution < -0.4 is 5.32 Å². The predicted octanol–water partition coefficient (Wildman–Crippen LogP) is 3.58. The molecule has 0 fully saturated rings. The van der Waals surface area contributed by atoms with Gasteiger partial charge in [0, 0.05) is 16.7 Å². The standard InChI is InChI=1S/C13H16BrClN4/c1-8(2)19-13(10(15)7-18-19)12(16-3)11-9(14)5-4-6-17-11/h4-8,12,16H,1-3H3. The Morgan fingerprint density at radius 2 is 2.16 bits per heavy atom. The van der Waals surface area contributed by atoms with Crippen molar-refractivity contribution in [3.8, 4) is 0 Å². The molecule has 2 aromatic heterocycles. The van der Waals surface area contributed by atoms with E-state index in [0.717, 1.165) is 15.9 Å². The Kier molecular flexibility index (Phi) is 4.60. The highest BCUT2D eigenvalue weighted by atomic mass is 79.9. The molecule has 2 aromatic rings. The summed E-state index contributed by atoms with van der Waals surface area (Å²) in [6, 6.07) is 3.99. The number of nitrogens with one attached hydrogen (secondary N) is 1. The van der Waals surface area contributed by atoms with Crippen LogP contribution in [0.1, 0.15) is 37.3 Å². The molecule has 1 atom stereocenters. The third-order valence-corrected chi connectivity index (χ3v) is 3.86. The summed E-state index contributed by atoms with van der Waals surface area (Å²) in [6.07, 6.45) is 3.45. The van der Waals surface area contributed by atoms with E-state index in [1.807, 2.05) is 23.9 Å². The first kappa shape index (κ1) is 14.5. The number of rotatable bonds is 4. The van der Waals surface area contributed by atoms with Crippen LogP contribution >= 0.6 is 27.5 Å².